The average molecular weight is 342 g/mol. The van der Waals surface area contributed by atoms with Gasteiger partial charge in [-0.2, -0.15) is 4.98 Å². The largest absolute Gasteiger partial charge is 0.490 e. The van der Waals surface area contributed by atoms with Crippen LogP contribution in [0.4, 0.5) is 5.69 Å². The number of amides is 1. The number of carbonyl (C=O) groups is 1. The van der Waals surface area contributed by atoms with Gasteiger partial charge in [0.25, 0.3) is 5.91 Å². The number of anilines is 1. The molecule has 1 fully saturated rings. The number of hydrogen-bond donors (Lipinski definition) is 0. The molecule has 2 heterocycles. The second kappa shape index (κ2) is 6.38. The summed E-state index contributed by atoms with van der Waals surface area (Å²) in [5.74, 6) is 2.38. The van der Waals surface area contributed by atoms with E-state index in [1.807, 2.05) is 32.2 Å². The van der Waals surface area contributed by atoms with E-state index in [0.717, 1.165) is 30.8 Å². The van der Waals surface area contributed by atoms with Crippen LogP contribution in [0.25, 0.3) is 0 Å². The van der Waals surface area contributed by atoms with E-state index < -0.39 is 0 Å². The summed E-state index contributed by atoms with van der Waals surface area (Å²) in [7, 11) is 2.02. The predicted octanol–water partition coefficient (Wildman–Crippen LogP) is 2.44. The van der Waals surface area contributed by atoms with E-state index in [2.05, 4.69) is 15.0 Å². The first-order chi connectivity index (χ1) is 12.2. The SMILES string of the molecule is CCN(Cc1noc(C2CC2)n1)C(=O)c1ccc2c(c1)OCCN2C. The molecule has 0 atom stereocenters. The van der Waals surface area contributed by atoms with Gasteiger partial charge >= 0.3 is 0 Å². The Balaban J connectivity index is 1.51. The van der Waals surface area contributed by atoms with Crippen LogP contribution < -0.4 is 9.64 Å². The van der Waals surface area contributed by atoms with E-state index in [4.69, 9.17) is 9.26 Å². The van der Waals surface area contributed by atoms with E-state index in [1.54, 1.807) is 4.90 Å². The maximum Gasteiger partial charge on any atom is 0.254 e. The Morgan fingerprint density at radius 1 is 1.40 bits per heavy atom. The Bertz CT molecular complexity index is 784. The molecule has 0 bridgehead atoms. The van der Waals surface area contributed by atoms with E-state index in [0.29, 0.717) is 42.9 Å². The van der Waals surface area contributed by atoms with E-state index in [9.17, 15) is 4.79 Å². The van der Waals surface area contributed by atoms with Crippen molar-refractivity contribution in [3.05, 3.63) is 35.5 Å². The lowest BCUT2D eigenvalue weighted by molar-refractivity contribution is 0.0747. The number of carbonyl (C=O) groups excluding carboxylic acids is 1. The lowest BCUT2D eigenvalue weighted by Gasteiger charge is -2.28. The lowest BCUT2D eigenvalue weighted by atomic mass is 10.1. The summed E-state index contributed by atoms with van der Waals surface area (Å²) < 4.78 is 11.0. The summed E-state index contributed by atoms with van der Waals surface area (Å²) in [5, 5.41) is 4.01. The highest BCUT2D eigenvalue weighted by molar-refractivity contribution is 5.95. The smallest absolute Gasteiger partial charge is 0.254 e. The van der Waals surface area contributed by atoms with Crippen molar-refractivity contribution >= 4 is 11.6 Å². The Morgan fingerprint density at radius 2 is 2.24 bits per heavy atom. The highest BCUT2D eigenvalue weighted by Crippen LogP contribution is 2.39. The van der Waals surface area contributed by atoms with Crippen LogP contribution in [0.15, 0.2) is 22.7 Å². The zero-order chi connectivity index (χ0) is 17.4. The van der Waals surface area contributed by atoms with Crippen LogP contribution in [0.1, 0.15) is 47.8 Å². The molecule has 7 heteroatoms. The minimum absolute atomic E-state index is 0.0556. The normalized spacial score (nSPS) is 16.3. The van der Waals surface area contributed by atoms with Crippen LogP contribution in [0.3, 0.4) is 0 Å². The Morgan fingerprint density at radius 3 is 3.00 bits per heavy atom. The molecule has 1 aromatic heterocycles. The molecule has 132 valence electrons. The van der Waals surface area contributed by atoms with Gasteiger partial charge in [-0.15, -0.1) is 0 Å². The summed E-state index contributed by atoms with van der Waals surface area (Å²) in [6.45, 7) is 4.35. The summed E-state index contributed by atoms with van der Waals surface area (Å²) in [4.78, 5) is 21.1. The zero-order valence-corrected chi connectivity index (χ0v) is 14.6. The van der Waals surface area contributed by atoms with Gasteiger partial charge in [-0.05, 0) is 38.0 Å². The maximum absolute atomic E-state index is 12.9. The van der Waals surface area contributed by atoms with Crippen molar-refractivity contribution in [3.63, 3.8) is 0 Å². The quantitative estimate of drug-likeness (QED) is 0.831. The number of aromatic nitrogens is 2. The monoisotopic (exact) mass is 342 g/mol. The number of benzene rings is 1. The van der Waals surface area contributed by atoms with Gasteiger partial charge in [-0.3, -0.25) is 4.79 Å². The van der Waals surface area contributed by atoms with Gasteiger partial charge in [0.05, 0.1) is 18.8 Å². The molecule has 1 aromatic carbocycles. The van der Waals surface area contributed by atoms with Crippen molar-refractivity contribution in [1.82, 2.24) is 15.0 Å². The first kappa shape index (κ1) is 15.9. The van der Waals surface area contributed by atoms with Gasteiger partial charge in [0.2, 0.25) is 5.89 Å². The molecule has 25 heavy (non-hydrogen) atoms. The molecule has 0 unspecified atom stereocenters. The van der Waals surface area contributed by atoms with Crippen molar-refractivity contribution in [1.29, 1.82) is 0 Å². The fourth-order valence-corrected chi connectivity index (χ4v) is 3.00. The minimum atomic E-state index is -0.0556. The third-order valence-corrected chi connectivity index (χ3v) is 4.71. The number of ether oxygens (including phenoxy) is 1. The van der Waals surface area contributed by atoms with Gasteiger partial charge < -0.3 is 19.1 Å². The summed E-state index contributed by atoms with van der Waals surface area (Å²) in [6, 6.07) is 5.61. The molecule has 1 aliphatic heterocycles. The molecule has 7 nitrogen and oxygen atoms in total. The summed E-state index contributed by atoms with van der Waals surface area (Å²) >= 11 is 0. The summed E-state index contributed by atoms with van der Waals surface area (Å²) in [6.07, 6.45) is 2.23. The van der Waals surface area contributed by atoms with Crippen molar-refractivity contribution in [2.24, 2.45) is 0 Å². The number of nitrogens with zero attached hydrogens (tertiary/aromatic N) is 4. The highest BCUT2D eigenvalue weighted by Gasteiger charge is 2.30. The molecule has 2 aromatic rings. The second-order valence-electron chi connectivity index (χ2n) is 6.59. The number of hydrogen-bond acceptors (Lipinski definition) is 6. The van der Waals surface area contributed by atoms with Gasteiger partial charge in [0.1, 0.15) is 12.4 Å². The topological polar surface area (TPSA) is 71.7 Å². The van der Waals surface area contributed by atoms with E-state index in [1.165, 1.54) is 0 Å². The Kier molecular flexibility index (Phi) is 4.07. The lowest BCUT2D eigenvalue weighted by Crippen LogP contribution is -2.32. The molecule has 4 rings (SSSR count). The number of rotatable bonds is 5. The molecule has 2 aliphatic rings. The van der Waals surface area contributed by atoms with Crippen LogP contribution in [-0.2, 0) is 6.54 Å². The fraction of sp³-hybridized carbons (Fsp3) is 0.500. The first-order valence-electron chi connectivity index (χ1n) is 8.75. The third-order valence-electron chi connectivity index (χ3n) is 4.71. The Labute approximate surface area is 146 Å². The third kappa shape index (κ3) is 3.18. The van der Waals surface area contributed by atoms with Crippen LogP contribution in [0.2, 0.25) is 0 Å². The first-order valence-corrected chi connectivity index (χ1v) is 8.75. The molecule has 1 aliphatic carbocycles. The fourth-order valence-electron chi connectivity index (χ4n) is 3.00. The molecule has 0 N–H and O–H groups in total. The van der Waals surface area contributed by atoms with Gasteiger partial charge in [-0.1, -0.05) is 5.16 Å². The van der Waals surface area contributed by atoms with Crippen LogP contribution >= 0.6 is 0 Å². The average Bonchev–Trinajstić information content (AvgIpc) is 3.38. The van der Waals surface area contributed by atoms with Gasteiger partial charge in [0, 0.05) is 25.1 Å². The summed E-state index contributed by atoms with van der Waals surface area (Å²) in [5.41, 5.74) is 1.62. The molecule has 0 spiro atoms. The highest BCUT2D eigenvalue weighted by atomic mass is 16.5. The second-order valence-corrected chi connectivity index (χ2v) is 6.59. The molecule has 1 saturated carbocycles. The van der Waals surface area contributed by atoms with Gasteiger partial charge in [0.15, 0.2) is 5.82 Å². The van der Waals surface area contributed by atoms with Crippen LogP contribution in [0, 0.1) is 0 Å². The van der Waals surface area contributed by atoms with Crippen LogP contribution in [-0.4, -0.2) is 47.7 Å². The molecular formula is C18H22N4O3. The molecule has 0 saturated heterocycles. The van der Waals surface area contributed by atoms with Crippen molar-refractivity contribution in [2.45, 2.75) is 32.2 Å². The molecule has 1 amide bonds. The number of likely N-dealkylation sites (N-methyl/N-ethyl adjacent to an activating group) is 1. The van der Waals surface area contributed by atoms with Crippen molar-refractivity contribution in [2.75, 3.05) is 31.6 Å². The minimum Gasteiger partial charge on any atom is -0.490 e. The van der Waals surface area contributed by atoms with E-state index in [-0.39, 0.29) is 5.91 Å². The number of fused-ring (bicyclic) bond motifs is 1. The van der Waals surface area contributed by atoms with Crippen molar-refractivity contribution in [3.8, 4) is 5.75 Å². The zero-order valence-electron chi connectivity index (χ0n) is 14.6. The van der Waals surface area contributed by atoms with E-state index >= 15 is 0 Å². The van der Waals surface area contributed by atoms with Crippen molar-refractivity contribution < 1.29 is 14.1 Å². The molecular weight excluding hydrogens is 320 g/mol. The molecule has 0 radical (unpaired) electrons. The Hall–Kier alpha value is -2.57. The van der Waals surface area contributed by atoms with Gasteiger partial charge in [-0.25, -0.2) is 0 Å². The standard InChI is InChI=1S/C18H22N4O3/c1-3-22(11-16-19-17(25-20-16)12-4-5-12)18(23)13-6-7-14-15(10-13)24-9-8-21(14)2/h6-7,10,12H,3-5,8-9,11H2,1-2H3. The predicted molar refractivity (Wildman–Crippen MR) is 91.9 cm³/mol. The maximum atomic E-state index is 12.9. The van der Waals surface area contributed by atoms with Crippen LogP contribution in [0.5, 0.6) is 5.75 Å².